The SMILES string of the molecule is C=CS(=O)c1ccc(Sc2ccc(CNC(=O)OC(C)(C)C)s2)cc1. The van der Waals surface area contributed by atoms with Gasteiger partial charge in [0.05, 0.1) is 21.6 Å². The van der Waals surface area contributed by atoms with Gasteiger partial charge in [-0.1, -0.05) is 18.3 Å². The van der Waals surface area contributed by atoms with Gasteiger partial charge >= 0.3 is 6.09 Å². The molecule has 0 fully saturated rings. The predicted octanol–water partition coefficient (Wildman–Crippen LogP) is 5.18. The third kappa shape index (κ3) is 6.68. The Kier molecular flexibility index (Phi) is 6.87. The molecule has 0 aliphatic rings. The first kappa shape index (κ1) is 19.8. The predicted molar refractivity (Wildman–Crippen MR) is 105 cm³/mol. The normalized spacial score (nSPS) is 12.4. The maximum absolute atomic E-state index is 11.7. The first-order chi connectivity index (χ1) is 11.8. The molecule has 2 aromatic rings. The number of ether oxygens (including phenoxy) is 1. The number of carbonyl (C=O) groups is 1. The van der Waals surface area contributed by atoms with Gasteiger partial charge < -0.3 is 10.1 Å². The number of carbonyl (C=O) groups excluding carboxylic acids is 1. The fourth-order valence-corrected chi connectivity index (χ4v) is 4.52. The molecule has 0 saturated heterocycles. The molecule has 0 bridgehead atoms. The van der Waals surface area contributed by atoms with E-state index in [-0.39, 0.29) is 0 Å². The first-order valence-electron chi connectivity index (χ1n) is 7.63. The number of rotatable bonds is 6. The quantitative estimate of drug-likeness (QED) is 0.733. The largest absolute Gasteiger partial charge is 0.444 e. The lowest BCUT2D eigenvalue weighted by Gasteiger charge is -2.19. The smallest absolute Gasteiger partial charge is 0.407 e. The Hall–Kier alpha value is -1.57. The molecule has 0 aliphatic heterocycles. The van der Waals surface area contributed by atoms with Crippen LogP contribution >= 0.6 is 23.1 Å². The second-order valence-corrected chi connectivity index (χ2v) is 10.1. The van der Waals surface area contributed by atoms with Crippen molar-refractivity contribution in [2.45, 2.75) is 46.9 Å². The molecule has 25 heavy (non-hydrogen) atoms. The molecule has 1 heterocycles. The summed E-state index contributed by atoms with van der Waals surface area (Å²) in [7, 11) is -1.15. The fourth-order valence-electron chi connectivity index (χ4n) is 1.84. The van der Waals surface area contributed by atoms with Gasteiger partial charge in [0.2, 0.25) is 0 Å². The molecule has 0 aliphatic carbocycles. The maximum atomic E-state index is 11.7. The average Bonchev–Trinajstić information content (AvgIpc) is 2.99. The Morgan fingerprint density at radius 3 is 2.56 bits per heavy atom. The van der Waals surface area contributed by atoms with Crippen LogP contribution in [0.25, 0.3) is 0 Å². The molecule has 0 saturated carbocycles. The molecule has 2 rings (SSSR count). The molecule has 1 N–H and O–H groups in total. The molecule has 0 radical (unpaired) electrons. The van der Waals surface area contributed by atoms with E-state index in [2.05, 4.69) is 11.9 Å². The fraction of sp³-hybridized carbons (Fsp3) is 0.278. The van der Waals surface area contributed by atoms with Crippen molar-refractivity contribution in [2.75, 3.05) is 0 Å². The zero-order chi connectivity index (χ0) is 18.4. The van der Waals surface area contributed by atoms with Crippen LogP contribution in [0, 0.1) is 0 Å². The minimum Gasteiger partial charge on any atom is -0.444 e. The third-order valence-corrected chi connectivity index (χ3v) is 6.13. The van der Waals surface area contributed by atoms with Crippen LogP contribution in [0.15, 0.2) is 62.4 Å². The van der Waals surface area contributed by atoms with E-state index in [0.29, 0.717) is 6.54 Å². The van der Waals surface area contributed by atoms with Crippen molar-refractivity contribution in [3.63, 3.8) is 0 Å². The van der Waals surface area contributed by atoms with E-state index in [1.54, 1.807) is 23.1 Å². The van der Waals surface area contributed by atoms with Crippen LogP contribution in [0.4, 0.5) is 4.79 Å². The lowest BCUT2D eigenvalue weighted by atomic mass is 10.2. The van der Waals surface area contributed by atoms with E-state index >= 15 is 0 Å². The van der Waals surface area contributed by atoms with Gasteiger partial charge in [-0.2, -0.15) is 0 Å². The van der Waals surface area contributed by atoms with Gasteiger partial charge in [0.1, 0.15) is 5.60 Å². The van der Waals surface area contributed by atoms with E-state index < -0.39 is 22.5 Å². The second-order valence-electron chi connectivity index (χ2n) is 6.11. The van der Waals surface area contributed by atoms with Crippen LogP contribution in [-0.2, 0) is 22.1 Å². The topological polar surface area (TPSA) is 55.4 Å². The number of thiophene rings is 1. The zero-order valence-electron chi connectivity index (χ0n) is 14.4. The van der Waals surface area contributed by atoms with E-state index in [1.807, 2.05) is 57.2 Å². The summed E-state index contributed by atoms with van der Waals surface area (Å²) < 4.78 is 18.0. The summed E-state index contributed by atoms with van der Waals surface area (Å²) >= 11 is 3.25. The van der Waals surface area contributed by atoms with Gasteiger partial charge in [-0.05, 0) is 57.2 Å². The first-order valence-corrected chi connectivity index (χ1v) is 10.5. The molecular formula is C18H21NO3S3. The summed E-state index contributed by atoms with van der Waals surface area (Å²) in [5.41, 5.74) is -0.498. The van der Waals surface area contributed by atoms with Crippen LogP contribution in [0.5, 0.6) is 0 Å². The van der Waals surface area contributed by atoms with Crippen molar-refractivity contribution < 1.29 is 13.7 Å². The monoisotopic (exact) mass is 395 g/mol. The molecule has 1 unspecified atom stereocenters. The van der Waals surface area contributed by atoms with Gasteiger partial charge in [0.15, 0.2) is 0 Å². The standard InChI is InChI=1S/C18H21NO3S3/c1-5-25(21)15-9-6-13(7-10-15)23-16-11-8-14(24-16)12-19-17(20)22-18(2,3)4/h5-11H,1,12H2,2-4H3,(H,19,20). The van der Waals surface area contributed by atoms with Crippen molar-refractivity contribution in [3.8, 4) is 0 Å². The summed E-state index contributed by atoms with van der Waals surface area (Å²) in [6.45, 7) is 9.49. The minimum absolute atomic E-state index is 0.416. The summed E-state index contributed by atoms with van der Waals surface area (Å²) in [4.78, 5) is 14.5. The Bertz CT molecular complexity index is 761. The molecule has 134 valence electrons. The number of hydrogen-bond donors (Lipinski definition) is 1. The third-order valence-electron chi connectivity index (χ3n) is 2.87. The molecule has 1 aromatic heterocycles. The molecular weight excluding hydrogens is 374 g/mol. The number of alkyl carbamates (subject to hydrolysis) is 1. The Balaban J connectivity index is 1.90. The Morgan fingerprint density at radius 1 is 1.28 bits per heavy atom. The van der Waals surface area contributed by atoms with Crippen LogP contribution in [0.2, 0.25) is 0 Å². The number of nitrogens with one attached hydrogen (secondary N) is 1. The molecule has 1 amide bonds. The number of hydrogen-bond acceptors (Lipinski definition) is 5. The minimum atomic E-state index is -1.15. The highest BCUT2D eigenvalue weighted by molar-refractivity contribution is 8.01. The summed E-state index contributed by atoms with van der Waals surface area (Å²) in [6.07, 6.45) is -0.416. The van der Waals surface area contributed by atoms with Crippen LogP contribution in [-0.4, -0.2) is 15.9 Å². The van der Waals surface area contributed by atoms with Gasteiger partial charge in [-0.3, -0.25) is 0 Å². The van der Waals surface area contributed by atoms with Crippen LogP contribution in [0.3, 0.4) is 0 Å². The lowest BCUT2D eigenvalue weighted by Crippen LogP contribution is -2.31. The zero-order valence-corrected chi connectivity index (χ0v) is 16.9. The van der Waals surface area contributed by atoms with Gasteiger partial charge in [0, 0.05) is 20.1 Å². The van der Waals surface area contributed by atoms with E-state index in [0.717, 1.165) is 18.9 Å². The Labute approximate surface area is 159 Å². The summed E-state index contributed by atoms with van der Waals surface area (Å²) in [5.74, 6) is 0. The van der Waals surface area contributed by atoms with Crippen molar-refractivity contribution in [2.24, 2.45) is 0 Å². The van der Waals surface area contributed by atoms with Gasteiger partial charge in [-0.15, -0.1) is 11.3 Å². The van der Waals surface area contributed by atoms with Crippen molar-refractivity contribution in [3.05, 3.63) is 53.3 Å². The van der Waals surface area contributed by atoms with Crippen molar-refractivity contribution >= 4 is 40.0 Å². The average molecular weight is 396 g/mol. The number of benzene rings is 1. The highest BCUT2D eigenvalue weighted by Gasteiger charge is 2.16. The molecule has 7 heteroatoms. The maximum Gasteiger partial charge on any atom is 0.407 e. The molecule has 1 atom stereocenters. The van der Waals surface area contributed by atoms with Crippen LogP contribution in [0.1, 0.15) is 25.6 Å². The van der Waals surface area contributed by atoms with Gasteiger partial charge in [0.25, 0.3) is 0 Å². The lowest BCUT2D eigenvalue weighted by molar-refractivity contribution is 0.0524. The summed E-state index contributed by atoms with van der Waals surface area (Å²) in [5, 5.41) is 4.18. The highest BCUT2D eigenvalue weighted by atomic mass is 32.2. The van der Waals surface area contributed by atoms with Crippen molar-refractivity contribution in [1.29, 1.82) is 0 Å². The van der Waals surface area contributed by atoms with Crippen molar-refractivity contribution in [1.82, 2.24) is 5.32 Å². The van der Waals surface area contributed by atoms with E-state index in [9.17, 15) is 9.00 Å². The number of amides is 1. The molecule has 4 nitrogen and oxygen atoms in total. The van der Waals surface area contributed by atoms with Crippen LogP contribution < -0.4 is 5.32 Å². The molecule has 1 aromatic carbocycles. The van der Waals surface area contributed by atoms with E-state index in [4.69, 9.17) is 4.74 Å². The summed E-state index contributed by atoms with van der Waals surface area (Å²) in [6, 6.07) is 11.6. The second kappa shape index (κ2) is 8.69. The van der Waals surface area contributed by atoms with E-state index in [1.165, 1.54) is 5.41 Å². The molecule has 0 spiro atoms. The Morgan fingerprint density at radius 2 is 1.96 bits per heavy atom. The highest BCUT2D eigenvalue weighted by Crippen LogP contribution is 2.33. The van der Waals surface area contributed by atoms with Gasteiger partial charge in [-0.25, -0.2) is 9.00 Å².